The van der Waals surface area contributed by atoms with Crippen LogP contribution in [0.2, 0.25) is 5.02 Å². The van der Waals surface area contributed by atoms with Crippen molar-refractivity contribution in [2.45, 2.75) is 30.4 Å². The number of rotatable bonds is 4. The highest BCUT2D eigenvalue weighted by Crippen LogP contribution is 2.37. The Balaban J connectivity index is 2.01. The fourth-order valence-corrected chi connectivity index (χ4v) is 3.42. The van der Waals surface area contributed by atoms with E-state index in [1.165, 1.54) is 0 Å². The van der Waals surface area contributed by atoms with Crippen molar-refractivity contribution >= 4 is 43.5 Å². The van der Waals surface area contributed by atoms with Gasteiger partial charge in [-0.25, -0.2) is 0 Å². The SMILES string of the molecule is CCOC1C(Br)CC1Oc1ccc(Cl)cc1Br. The van der Waals surface area contributed by atoms with Gasteiger partial charge in [-0.3, -0.25) is 0 Å². The lowest BCUT2D eigenvalue weighted by Crippen LogP contribution is -2.52. The van der Waals surface area contributed by atoms with Crippen molar-refractivity contribution in [3.63, 3.8) is 0 Å². The minimum absolute atomic E-state index is 0.108. The van der Waals surface area contributed by atoms with Gasteiger partial charge in [-0.05, 0) is 41.1 Å². The Bertz CT molecular complexity index is 400. The second-order valence-corrected chi connectivity index (χ2v) is 6.37. The molecule has 5 heteroatoms. The van der Waals surface area contributed by atoms with E-state index in [2.05, 4.69) is 31.9 Å². The normalized spacial score (nSPS) is 27.6. The summed E-state index contributed by atoms with van der Waals surface area (Å²) in [6, 6.07) is 5.52. The summed E-state index contributed by atoms with van der Waals surface area (Å²) in [5, 5.41) is 0.692. The third-order valence-electron chi connectivity index (χ3n) is 2.71. The number of ether oxygens (including phenoxy) is 2. The topological polar surface area (TPSA) is 18.5 Å². The van der Waals surface area contributed by atoms with E-state index in [1.54, 1.807) is 0 Å². The number of halogens is 3. The Morgan fingerprint density at radius 2 is 2.24 bits per heavy atom. The van der Waals surface area contributed by atoms with Gasteiger partial charge in [0.2, 0.25) is 0 Å². The van der Waals surface area contributed by atoms with Crippen molar-refractivity contribution < 1.29 is 9.47 Å². The van der Waals surface area contributed by atoms with E-state index in [-0.39, 0.29) is 12.2 Å². The van der Waals surface area contributed by atoms with E-state index >= 15 is 0 Å². The van der Waals surface area contributed by atoms with Gasteiger partial charge in [0, 0.05) is 22.9 Å². The maximum Gasteiger partial charge on any atom is 0.134 e. The summed E-state index contributed by atoms with van der Waals surface area (Å²) in [5.41, 5.74) is 0. The van der Waals surface area contributed by atoms with E-state index in [0.29, 0.717) is 16.5 Å². The molecular weight excluding hydrogens is 371 g/mol. The zero-order valence-corrected chi connectivity index (χ0v) is 13.3. The smallest absolute Gasteiger partial charge is 0.134 e. The molecule has 0 aliphatic heterocycles. The Morgan fingerprint density at radius 1 is 1.47 bits per heavy atom. The largest absolute Gasteiger partial charge is 0.486 e. The molecule has 2 nitrogen and oxygen atoms in total. The van der Waals surface area contributed by atoms with E-state index in [0.717, 1.165) is 16.6 Å². The quantitative estimate of drug-likeness (QED) is 0.716. The lowest BCUT2D eigenvalue weighted by molar-refractivity contribution is -0.0725. The fraction of sp³-hybridized carbons (Fsp3) is 0.500. The first-order chi connectivity index (χ1) is 8.11. The van der Waals surface area contributed by atoms with E-state index in [4.69, 9.17) is 21.1 Å². The molecule has 1 aliphatic carbocycles. The molecule has 0 bridgehead atoms. The van der Waals surface area contributed by atoms with Crippen LogP contribution in [-0.2, 0) is 4.74 Å². The summed E-state index contributed by atoms with van der Waals surface area (Å²) in [6.45, 7) is 2.70. The van der Waals surface area contributed by atoms with E-state index in [9.17, 15) is 0 Å². The molecule has 0 aromatic heterocycles. The predicted octanol–water partition coefficient (Wildman–Crippen LogP) is 4.42. The van der Waals surface area contributed by atoms with Crippen molar-refractivity contribution in [3.8, 4) is 5.75 Å². The average Bonchev–Trinajstić information content (AvgIpc) is 2.28. The minimum Gasteiger partial charge on any atom is -0.486 e. The van der Waals surface area contributed by atoms with Crippen molar-refractivity contribution in [2.75, 3.05) is 6.61 Å². The average molecular weight is 384 g/mol. The Morgan fingerprint density at radius 3 is 2.82 bits per heavy atom. The van der Waals surface area contributed by atoms with Gasteiger partial charge in [-0.1, -0.05) is 27.5 Å². The number of hydrogen-bond acceptors (Lipinski definition) is 2. The molecule has 0 radical (unpaired) electrons. The molecule has 0 spiro atoms. The summed E-state index contributed by atoms with van der Waals surface area (Å²) in [5.74, 6) is 0.809. The molecule has 3 atom stereocenters. The molecule has 3 unspecified atom stereocenters. The molecule has 1 saturated carbocycles. The summed E-state index contributed by atoms with van der Waals surface area (Å²) >= 11 is 12.9. The van der Waals surface area contributed by atoms with E-state index < -0.39 is 0 Å². The van der Waals surface area contributed by atoms with Crippen LogP contribution in [0.5, 0.6) is 5.75 Å². The Hall–Kier alpha value is 0.230. The number of hydrogen-bond donors (Lipinski definition) is 0. The van der Waals surface area contributed by atoms with Crippen LogP contribution >= 0.6 is 43.5 Å². The van der Waals surface area contributed by atoms with Crippen molar-refractivity contribution in [1.29, 1.82) is 0 Å². The molecule has 2 rings (SSSR count). The third kappa shape index (κ3) is 3.16. The van der Waals surface area contributed by atoms with Crippen LogP contribution in [0.15, 0.2) is 22.7 Å². The minimum atomic E-state index is 0.108. The first-order valence-electron chi connectivity index (χ1n) is 5.49. The maximum atomic E-state index is 5.91. The second kappa shape index (κ2) is 5.91. The summed E-state index contributed by atoms with van der Waals surface area (Å²) < 4.78 is 12.4. The monoisotopic (exact) mass is 382 g/mol. The molecule has 0 heterocycles. The zero-order valence-electron chi connectivity index (χ0n) is 9.33. The Labute approximate surface area is 123 Å². The first-order valence-corrected chi connectivity index (χ1v) is 7.58. The number of benzene rings is 1. The molecule has 1 aromatic carbocycles. The van der Waals surface area contributed by atoms with Crippen LogP contribution in [0.25, 0.3) is 0 Å². The molecule has 1 fully saturated rings. The second-order valence-electron chi connectivity index (χ2n) is 3.90. The van der Waals surface area contributed by atoms with Crippen LogP contribution in [0.3, 0.4) is 0 Å². The zero-order chi connectivity index (χ0) is 12.4. The van der Waals surface area contributed by atoms with Crippen LogP contribution < -0.4 is 4.74 Å². The molecule has 94 valence electrons. The molecule has 0 amide bonds. The summed E-state index contributed by atoms with van der Waals surface area (Å²) in [7, 11) is 0. The highest BCUT2D eigenvalue weighted by Gasteiger charge is 2.42. The van der Waals surface area contributed by atoms with Crippen LogP contribution in [0.1, 0.15) is 13.3 Å². The third-order valence-corrected chi connectivity index (χ3v) is 4.46. The van der Waals surface area contributed by atoms with Gasteiger partial charge < -0.3 is 9.47 Å². The lowest BCUT2D eigenvalue weighted by atomic mass is 9.91. The first kappa shape index (κ1) is 13.7. The number of alkyl halides is 1. The molecule has 1 aliphatic rings. The standard InChI is InChI=1S/C12H13Br2ClO2/c1-2-16-12-9(14)6-11(12)17-10-4-3-7(15)5-8(10)13/h3-5,9,11-12H,2,6H2,1H3. The highest BCUT2D eigenvalue weighted by molar-refractivity contribution is 9.10. The van der Waals surface area contributed by atoms with Crippen LogP contribution in [0, 0.1) is 0 Å². The maximum absolute atomic E-state index is 5.91. The van der Waals surface area contributed by atoms with Crippen molar-refractivity contribution in [2.24, 2.45) is 0 Å². The van der Waals surface area contributed by atoms with Gasteiger partial charge in [0.1, 0.15) is 18.0 Å². The van der Waals surface area contributed by atoms with Crippen molar-refractivity contribution in [1.82, 2.24) is 0 Å². The van der Waals surface area contributed by atoms with Gasteiger partial charge in [0.05, 0.1) is 4.47 Å². The van der Waals surface area contributed by atoms with Crippen molar-refractivity contribution in [3.05, 3.63) is 27.7 Å². The van der Waals surface area contributed by atoms with Gasteiger partial charge in [-0.2, -0.15) is 0 Å². The van der Waals surface area contributed by atoms with Gasteiger partial charge in [-0.15, -0.1) is 0 Å². The van der Waals surface area contributed by atoms with Gasteiger partial charge in [0.25, 0.3) is 0 Å². The van der Waals surface area contributed by atoms with Crippen LogP contribution in [0.4, 0.5) is 0 Å². The lowest BCUT2D eigenvalue weighted by Gasteiger charge is -2.40. The van der Waals surface area contributed by atoms with Gasteiger partial charge in [0.15, 0.2) is 0 Å². The predicted molar refractivity (Wildman–Crippen MR) is 76.3 cm³/mol. The summed E-state index contributed by atoms with van der Waals surface area (Å²) in [6.07, 6.45) is 1.19. The molecule has 1 aromatic rings. The van der Waals surface area contributed by atoms with E-state index in [1.807, 2.05) is 25.1 Å². The molecule has 17 heavy (non-hydrogen) atoms. The van der Waals surface area contributed by atoms with Gasteiger partial charge >= 0.3 is 0 Å². The molecular formula is C12H13Br2ClO2. The molecule has 0 saturated heterocycles. The molecule has 0 N–H and O–H groups in total. The van der Waals surface area contributed by atoms with Crippen LogP contribution in [-0.4, -0.2) is 23.6 Å². The highest BCUT2D eigenvalue weighted by atomic mass is 79.9. The fourth-order valence-electron chi connectivity index (χ4n) is 1.78. The summed E-state index contributed by atoms with van der Waals surface area (Å²) in [4.78, 5) is 0.388. The Kier molecular flexibility index (Phi) is 4.75.